The van der Waals surface area contributed by atoms with Crippen molar-refractivity contribution < 1.29 is 4.79 Å². The van der Waals surface area contributed by atoms with Crippen LogP contribution in [0.4, 0.5) is 5.69 Å². The van der Waals surface area contributed by atoms with Crippen molar-refractivity contribution in [2.75, 3.05) is 18.9 Å². The number of para-hydroxylation sites is 1. The van der Waals surface area contributed by atoms with Crippen LogP contribution < -0.4 is 5.32 Å². The number of carbonyl (C=O) groups excluding carboxylic acids is 1. The third-order valence-electron chi connectivity index (χ3n) is 3.83. The summed E-state index contributed by atoms with van der Waals surface area (Å²) < 4.78 is 0.885. The maximum absolute atomic E-state index is 12.2. The molecule has 0 aliphatic heterocycles. The molecule has 1 amide bonds. The first-order chi connectivity index (χ1) is 11.6. The van der Waals surface area contributed by atoms with E-state index < -0.39 is 0 Å². The molecular formula is C20H19BrN2O. The highest BCUT2D eigenvalue weighted by molar-refractivity contribution is 9.10. The molecule has 0 spiro atoms. The average molecular weight is 383 g/mol. The quantitative estimate of drug-likeness (QED) is 0.694. The standard InChI is InChI=1S/C20H19BrN2O/c1-23(14-20(24)22-19-9-5-4-8-18(19)21)13-15-10-11-16-6-2-3-7-17(16)12-15/h2-12H,13-14H2,1H3,(H,22,24). The van der Waals surface area contributed by atoms with Crippen LogP contribution in [-0.4, -0.2) is 24.4 Å². The fraction of sp³-hybridized carbons (Fsp3) is 0.150. The molecule has 0 aromatic heterocycles. The number of rotatable bonds is 5. The second-order valence-corrected chi connectivity index (χ2v) is 6.74. The van der Waals surface area contributed by atoms with Gasteiger partial charge >= 0.3 is 0 Å². The Balaban J connectivity index is 1.61. The van der Waals surface area contributed by atoms with Gasteiger partial charge < -0.3 is 5.32 Å². The highest BCUT2D eigenvalue weighted by Gasteiger charge is 2.09. The van der Waals surface area contributed by atoms with Crippen LogP contribution in [0, 0.1) is 0 Å². The van der Waals surface area contributed by atoms with Crippen LogP contribution in [0.1, 0.15) is 5.56 Å². The molecule has 0 saturated heterocycles. The number of carbonyl (C=O) groups is 1. The SMILES string of the molecule is CN(CC(=O)Nc1ccccc1Br)Cc1ccc2ccccc2c1. The fourth-order valence-corrected chi connectivity index (χ4v) is 3.09. The molecule has 24 heavy (non-hydrogen) atoms. The zero-order valence-corrected chi connectivity index (χ0v) is 15.1. The van der Waals surface area contributed by atoms with Crippen LogP contribution in [0.25, 0.3) is 10.8 Å². The van der Waals surface area contributed by atoms with Gasteiger partial charge in [-0.15, -0.1) is 0 Å². The predicted octanol–water partition coefficient (Wildman–Crippen LogP) is 4.67. The van der Waals surface area contributed by atoms with Gasteiger partial charge in [0.1, 0.15) is 0 Å². The number of hydrogen-bond acceptors (Lipinski definition) is 2. The first-order valence-corrected chi connectivity index (χ1v) is 8.62. The molecule has 0 radical (unpaired) electrons. The molecule has 4 heteroatoms. The Labute approximate surface area is 150 Å². The molecule has 0 saturated carbocycles. The van der Waals surface area contributed by atoms with Gasteiger partial charge in [-0.3, -0.25) is 9.69 Å². The summed E-state index contributed by atoms with van der Waals surface area (Å²) >= 11 is 3.44. The Morgan fingerprint density at radius 2 is 1.71 bits per heavy atom. The van der Waals surface area contributed by atoms with Crippen molar-refractivity contribution in [1.82, 2.24) is 4.90 Å². The molecule has 0 aliphatic carbocycles. The van der Waals surface area contributed by atoms with E-state index in [2.05, 4.69) is 51.6 Å². The number of nitrogens with one attached hydrogen (secondary N) is 1. The second-order valence-electron chi connectivity index (χ2n) is 5.88. The third-order valence-corrected chi connectivity index (χ3v) is 4.52. The zero-order valence-electron chi connectivity index (χ0n) is 13.5. The molecule has 0 atom stereocenters. The van der Waals surface area contributed by atoms with Gasteiger partial charge in [-0.1, -0.05) is 48.5 Å². The molecule has 1 N–H and O–H groups in total. The van der Waals surface area contributed by atoms with Gasteiger partial charge in [0.2, 0.25) is 5.91 Å². The molecule has 0 fully saturated rings. The molecular weight excluding hydrogens is 364 g/mol. The summed E-state index contributed by atoms with van der Waals surface area (Å²) in [5.74, 6) is -0.0230. The first-order valence-electron chi connectivity index (χ1n) is 7.82. The van der Waals surface area contributed by atoms with E-state index in [4.69, 9.17) is 0 Å². The zero-order chi connectivity index (χ0) is 16.9. The van der Waals surface area contributed by atoms with E-state index in [-0.39, 0.29) is 5.91 Å². The van der Waals surface area contributed by atoms with E-state index in [1.54, 1.807) is 0 Å². The van der Waals surface area contributed by atoms with Crippen LogP contribution in [0.2, 0.25) is 0 Å². The third kappa shape index (κ3) is 4.22. The van der Waals surface area contributed by atoms with Crippen LogP contribution >= 0.6 is 15.9 Å². The minimum absolute atomic E-state index is 0.0230. The summed E-state index contributed by atoms with van der Waals surface area (Å²) in [7, 11) is 1.95. The van der Waals surface area contributed by atoms with Crippen molar-refractivity contribution in [1.29, 1.82) is 0 Å². The number of fused-ring (bicyclic) bond motifs is 1. The number of likely N-dealkylation sites (N-methyl/N-ethyl adjacent to an activating group) is 1. The van der Waals surface area contributed by atoms with Crippen LogP contribution in [-0.2, 0) is 11.3 Å². The van der Waals surface area contributed by atoms with E-state index in [1.165, 1.54) is 16.3 Å². The molecule has 0 unspecified atom stereocenters. The average Bonchev–Trinajstić information content (AvgIpc) is 2.56. The van der Waals surface area contributed by atoms with Gasteiger partial charge in [-0.05, 0) is 57.5 Å². The van der Waals surface area contributed by atoms with Gasteiger partial charge in [0.15, 0.2) is 0 Å². The van der Waals surface area contributed by atoms with E-state index in [0.29, 0.717) is 6.54 Å². The Morgan fingerprint density at radius 1 is 1.00 bits per heavy atom. The van der Waals surface area contributed by atoms with E-state index in [0.717, 1.165) is 16.7 Å². The van der Waals surface area contributed by atoms with Gasteiger partial charge in [-0.2, -0.15) is 0 Å². The molecule has 3 aromatic carbocycles. The van der Waals surface area contributed by atoms with Crippen molar-refractivity contribution in [3.8, 4) is 0 Å². The van der Waals surface area contributed by atoms with Gasteiger partial charge in [0.05, 0.1) is 12.2 Å². The Bertz CT molecular complexity index is 863. The van der Waals surface area contributed by atoms with Crippen molar-refractivity contribution in [3.05, 3.63) is 76.8 Å². The highest BCUT2D eigenvalue weighted by atomic mass is 79.9. The lowest BCUT2D eigenvalue weighted by atomic mass is 10.1. The lowest BCUT2D eigenvalue weighted by Gasteiger charge is -2.17. The molecule has 122 valence electrons. The van der Waals surface area contributed by atoms with Crippen LogP contribution in [0.5, 0.6) is 0 Å². The van der Waals surface area contributed by atoms with E-state index >= 15 is 0 Å². The van der Waals surface area contributed by atoms with E-state index in [1.807, 2.05) is 48.3 Å². The maximum atomic E-state index is 12.2. The number of anilines is 1. The monoisotopic (exact) mass is 382 g/mol. The van der Waals surface area contributed by atoms with Gasteiger partial charge in [0, 0.05) is 11.0 Å². The lowest BCUT2D eigenvalue weighted by Crippen LogP contribution is -2.29. The molecule has 3 aromatic rings. The Kier molecular flexibility index (Phi) is 5.28. The fourth-order valence-electron chi connectivity index (χ4n) is 2.70. The summed E-state index contributed by atoms with van der Waals surface area (Å²) in [5, 5.41) is 5.38. The normalized spacial score (nSPS) is 11.0. The molecule has 0 aliphatic rings. The molecule has 0 heterocycles. The molecule has 3 nitrogen and oxygen atoms in total. The summed E-state index contributed by atoms with van der Waals surface area (Å²) in [6.45, 7) is 1.07. The summed E-state index contributed by atoms with van der Waals surface area (Å²) in [4.78, 5) is 14.2. The predicted molar refractivity (Wildman–Crippen MR) is 103 cm³/mol. The molecule has 3 rings (SSSR count). The minimum Gasteiger partial charge on any atom is -0.324 e. The van der Waals surface area contributed by atoms with Gasteiger partial charge in [0.25, 0.3) is 0 Å². The number of amides is 1. The van der Waals surface area contributed by atoms with Gasteiger partial charge in [-0.25, -0.2) is 0 Å². The number of halogens is 1. The Morgan fingerprint density at radius 3 is 2.50 bits per heavy atom. The van der Waals surface area contributed by atoms with Crippen LogP contribution in [0.3, 0.4) is 0 Å². The molecule has 0 bridgehead atoms. The van der Waals surface area contributed by atoms with Crippen molar-refractivity contribution >= 4 is 38.3 Å². The minimum atomic E-state index is -0.0230. The van der Waals surface area contributed by atoms with E-state index in [9.17, 15) is 4.79 Å². The highest BCUT2D eigenvalue weighted by Crippen LogP contribution is 2.21. The Hall–Kier alpha value is -2.17. The van der Waals surface area contributed by atoms with Crippen molar-refractivity contribution in [2.24, 2.45) is 0 Å². The topological polar surface area (TPSA) is 32.3 Å². The maximum Gasteiger partial charge on any atom is 0.238 e. The largest absolute Gasteiger partial charge is 0.324 e. The summed E-state index contributed by atoms with van der Waals surface area (Å²) in [6, 6.07) is 22.3. The number of nitrogens with zero attached hydrogens (tertiary/aromatic N) is 1. The number of benzene rings is 3. The first kappa shape index (κ1) is 16.7. The second kappa shape index (κ2) is 7.60. The number of hydrogen-bond donors (Lipinski definition) is 1. The summed E-state index contributed by atoms with van der Waals surface area (Å²) in [6.07, 6.45) is 0. The van der Waals surface area contributed by atoms with Crippen molar-refractivity contribution in [2.45, 2.75) is 6.54 Å². The lowest BCUT2D eigenvalue weighted by molar-refractivity contribution is -0.117. The van der Waals surface area contributed by atoms with Crippen molar-refractivity contribution in [3.63, 3.8) is 0 Å². The van der Waals surface area contributed by atoms with Crippen LogP contribution in [0.15, 0.2) is 71.2 Å². The summed E-state index contributed by atoms with van der Waals surface area (Å²) in [5.41, 5.74) is 1.99. The smallest absolute Gasteiger partial charge is 0.238 e.